The number of phosphoric ester groups is 1. The molecule has 1 unspecified atom stereocenters. The monoisotopic (exact) mass is 821 g/mol. The SMILES string of the molecule is CC(C)CCC[C@@H](C)[C@H]1CC[C@H]2[C@@H]3CC=C4C[C@@H](OCCCCCCCCCCCCCCCCCCOP(=O)(O)OCC[N+](C)(C)C)CC[C@]4(C)[C@H]3CC[C@]12C. The first kappa shape index (κ1) is 49.4. The third kappa shape index (κ3) is 16.2. The summed E-state index contributed by atoms with van der Waals surface area (Å²) in [6, 6.07) is 0. The van der Waals surface area contributed by atoms with Gasteiger partial charge in [-0.1, -0.05) is 155 Å². The van der Waals surface area contributed by atoms with E-state index >= 15 is 0 Å². The van der Waals surface area contributed by atoms with Crippen molar-refractivity contribution < 1.29 is 27.7 Å². The number of ether oxygens (including phenoxy) is 1. The number of likely N-dealkylation sites (N-methyl/N-ethyl adjacent to an activating group) is 1. The lowest BCUT2D eigenvalue weighted by Crippen LogP contribution is -2.51. The van der Waals surface area contributed by atoms with Crippen molar-refractivity contribution in [3.05, 3.63) is 11.6 Å². The van der Waals surface area contributed by atoms with Crippen molar-refractivity contribution in [1.29, 1.82) is 0 Å². The molecule has 4 aliphatic rings. The normalized spacial score (nSPS) is 30.4. The first-order valence-corrected chi connectivity index (χ1v) is 26.4. The molecule has 0 aromatic carbocycles. The van der Waals surface area contributed by atoms with Gasteiger partial charge in [0.05, 0.1) is 33.9 Å². The molecule has 334 valence electrons. The Hall–Kier alpha value is -0.230. The van der Waals surface area contributed by atoms with Crippen molar-refractivity contribution in [2.45, 2.75) is 214 Å². The molecule has 4 rings (SSSR count). The molecule has 0 saturated heterocycles. The van der Waals surface area contributed by atoms with Crippen molar-refractivity contribution >= 4 is 7.82 Å². The third-order valence-electron chi connectivity index (χ3n) is 15.9. The van der Waals surface area contributed by atoms with Crippen LogP contribution in [-0.2, 0) is 18.3 Å². The van der Waals surface area contributed by atoms with Crippen LogP contribution >= 0.6 is 7.82 Å². The first-order valence-electron chi connectivity index (χ1n) is 24.9. The number of phosphoric acid groups is 1. The van der Waals surface area contributed by atoms with E-state index in [-0.39, 0.29) is 6.61 Å². The fourth-order valence-corrected chi connectivity index (χ4v) is 13.1. The van der Waals surface area contributed by atoms with Gasteiger partial charge in [0.1, 0.15) is 13.2 Å². The Balaban J connectivity index is 0.949. The van der Waals surface area contributed by atoms with E-state index < -0.39 is 7.82 Å². The van der Waals surface area contributed by atoms with Gasteiger partial charge < -0.3 is 14.1 Å². The molecule has 9 atom stereocenters. The maximum Gasteiger partial charge on any atom is 0.472 e. The first-order chi connectivity index (χ1) is 27.1. The van der Waals surface area contributed by atoms with Crippen LogP contribution in [0.4, 0.5) is 0 Å². The van der Waals surface area contributed by atoms with E-state index in [2.05, 4.69) is 40.7 Å². The molecule has 1 N–H and O–H groups in total. The van der Waals surface area contributed by atoms with E-state index in [1.165, 1.54) is 161 Å². The number of rotatable bonds is 30. The number of quaternary nitrogens is 1. The predicted octanol–water partition coefficient (Wildman–Crippen LogP) is 14.5. The zero-order valence-corrected chi connectivity index (χ0v) is 39.9. The molecule has 0 aromatic rings. The highest BCUT2D eigenvalue weighted by molar-refractivity contribution is 7.47. The fourth-order valence-electron chi connectivity index (χ4n) is 12.4. The summed E-state index contributed by atoms with van der Waals surface area (Å²) in [5.41, 5.74) is 2.80. The van der Waals surface area contributed by atoms with Gasteiger partial charge in [0.15, 0.2) is 0 Å². The molecule has 7 heteroatoms. The van der Waals surface area contributed by atoms with Gasteiger partial charge in [-0.3, -0.25) is 9.05 Å². The molecular formula is C50H95NO5P+. The number of hydrogen-bond donors (Lipinski definition) is 1. The Labute approximate surface area is 354 Å². The number of allylic oxidation sites excluding steroid dienone is 1. The second kappa shape index (κ2) is 24.4. The molecule has 0 heterocycles. The Morgan fingerprint density at radius 3 is 1.84 bits per heavy atom. The molecule has 6 nitrogen and oxygen atoms in total. The highest BCUT2D eigenvalue weighted by Gasteiger charge is 2.59. The van der Waals surface area contributed by atoms with Crippen LogP contribution in [0.5, 0.6) is 0 Å². The minimum Gasteiger partial charge on any atom is -0.378 e. The fraction of sp³-hybridized carbons (Fsp3) is 0.960. The summed E-state index contributed by atoms with van der Waals surface area (Å²) in [7, 11) is 2.17. The van der Waals surface area contributed by atoms with Crippen molar-refractivity contribution in [2.75, 3.05) is 47.5 Å². The van der Waals surface area contributed by atoms with Crippen molar-refractivity contribution in [2.24, 2.45) is 46.3 Å². The van der Waals surface area contributed by atoms with Crippen LogP contribution in [0.25, 0.3) is 0 Å². The highest BCUT2D eigenvalue weighted by atomic mass is 31.2. The van der Waals surface area contributed by atoms with E-state index in [9.17, 15) is 9.46 Å². The summed E-state index contributed by atoms with van der Waals surface area (Å²) < 4.78 is 29.4. The summed E-state index contributed by atoms with van der Waals surface area (Å²) in [4.78, 5) is 9.79. The average Bonchev–Trinajstić information content (AvgIpc) is 3.50. The second-order valence-electron chi connectivity index (χ2n) is 21.8. The summed E-state index contributed by atoms with van der Waals surface area (Å²) >= 11 is 0. The maximum absolute atomic E-state index is 12.0. The minimum atomic E-state index is -3.91. The minimum absolute atomic E-state index is 0.228. The number of nitrogens with zero attached hydrogens (tertiary/aromatic N) is 1. The topological polar surface area (TPSA) is 65.0 Å². The molecule has 0 aromatic heterocycles. The Morgan fingerprint density at radius 1 is 0.702 bits per heavy atom. The van der Waals surface area contributed by atoms with E-state index in [1.54, 1.807) is 5.57 Å². The predicted molar refractivity (Wildman–Crippen MR) is 241 cm³/mol. The molecule has 57 heavy (non-hydrogen) atoms. The number of fused-ring (bicyclic) bond motifs is 5. The second-order valence-corrected chi connectivity index (χ2v) is 23.3. The van der Waals surface area contributed by atoms with Crippen LogP contribution in [0.3, 0.4) is 0 Å². The Kier molecular flexibility index (Phi) is 21.2. The van der Waals surface area contributed by atoms with Gasteiger partial charge in [-0.05, 0) is 111 Å². The lowest BCUT2D eigenvalue weighted by molar-refractivity contribution is -0.870. The average molecular weight is 821 g/mol. The van der Waals surface area contributed by atoms with Gasteiger partial charge in [-0.15, -0.1) is 0 Å². The summed E-state index contributed by atoms with van der Waals surface area (Å²) in [5.74, 6) is 5.49. The van der Waals surface area contributed by atoms with Crippen LogP contribution in [0.1, 0.15) is 208 Å². The molecule has 0 amide bonds. The number of unbranched alkanes of at least 4 members (excludes halogenated alkanes) is 15. The molecule has 3 saturated carbocycles. The summed E-state index contributed by atoms with van der Waals surface area (Å²) in [6.45, 7) is 15.0. The van der Waals surface area contributed by atoms with Gasteiger partial charge in [0.2, 0.25) is 0 Å². The lowest BCUT2D eigenvalue weighted by Gasteiger charge is -2.58. The van der Waals surface area contributed by atoms with Crippen LogP contribution in [-0.4, -0.2) is 63.0 Å². The van der Waals surface area contributed by atoms with Crippen molar-refractivity contribution in [1.82, 2.24) is 0 Å². The third-order valence-corrected chi connectivity index (χ3v) is 16.9. The van der Waals surface area contributed by atoms with E-state index in [4.69, 9.17) is 13.8 Å². The van der Waals surface area contributed by atoms with Gasteiger partial charge >= 0.3 is 7.82 Å². The largest absolute Gasteiger partial charge is 0.472 e. The zero-order chi connectivity index (χ0) is 41.4. The molecule has 4 aliphatic carbocycles. The van der Waals surface area contributed by atoms with Gasteiger partial charge in [0.25, 0.3) is 0 Å². The van der Waals surface area contributed by atoms with Crippen molar-refractivity contribution in [3.63, 3.8) is 0 Å². The van der Waals surface area contributed by atoms with Crippen LogP contribution in [0, 0.1) is 46.3 Å². The van der Waals surface area contributed by atoms with E-state index in [0.29, 0.717) is 34.6 Å². The van der Waals surface area contributed by atoms with Crippen LogP contribution < -0.4 is 0 Å². The summed E-state index contributed by atoms with van der Waals surface area (Å²) in [6.07, 6.45) is 39.2. The van der Waals surface area contributed by atoms with Gasteiger partial charge in [0, 0.05) is 6.61 Å². The smallest absolute Gasteiger partial charge is 0.378 e. The summed E-state index contributed by atoms with van der Waals surface area (Å²) in [5, 5.41) is 0. The Bertz CT molecular complexity index is 1200. The number of hydrogen-bond acceptors (Lipinski definition) is 4. The Morgan fingerprint density at radius 2 is 1.26 bits per heavy atom. The lowest BCUT2D eigenvalue weighted by atomic mass is 9.47. The molecule has 0 bridgehead atoms. The van der Waals surface area contributed by atoms with Gasteiger partial charge in [-0.25, -0.2) is 4.57 Å². The van der Waals surface area contributed by atoms with Crippen LogP contribution in [0.2, 0.25) is 0 Å². The molecule has 0 spiro atoms. The van der Waals surface area contributed by atoms with E-state index in [1.807, 2.05) is 21.1 Å². The van der Waals surface area contributed by atoms with Gasteiger partial charge in [-0.2, -0.15) is 0 Å². The molecule has 0 radical (unpaired) electrons. The van der Waals surface area contributed by atoms with Crippen LogP contribution in [0.15, 0.2) is 11.6 Å². The standard InChI is InChI=1S/C50H94NO5P/c1-41(2)26-25-27-42(3)46-30-31-47-45-29-28-43-40-44(32-34-49(43,4)48(45)33-35-50(46,47)5)54-37-23-21-19-17-15-13-11-9-10-12-14-16-18-20-22-24-38-55-57(52,53)56-39-36-51(6,7)8/h28,41-42,44-48H,9-27,29-40H2,1-8H3/p+1/t42-,44+,45+,46-,47+,48+,49+,50-/m1/s1. The quantitative estimate of drug-likeness (QED) is 0.0338. The maximum atomic E-state index is 12.0. The zero-order valence-electron chi connectivity index (χ0n) is 39.0. The molecule has 0 aliphatic heterocycles. The van der Waals surface area contributed by atoms with E-state index in [0.717, 1.165) is 55.0 Å². The van der Waals surface area contributed by atoms with Crippen molar-refractivity contribution in [3.8, 4) is 0 Å². The molecule has 3 fully saturated rings. The molecular weight excluding hydrogens is 726 g/mol. The highest BCUT2D eigenvalue weighted by Crippen LogP contribution is 2.67.